The predicted molar refractivity (Wildman–Crippen MR) is 113 cm³/mol. The zero-order chi connectivity index (χ0) is 19.3. The molecule has 0 radical (unpaired) electrons. The minimum absolute atomic E-state index is 0.176. The Bertz CT molecular complexity index is 1000. The number of ether oxygens (including phenoxy) is 1. The molecule has 0 spiro atoms. The number of unbranched alkanes of at least 4 members (excludes halogenated alkanes) is 3. The van der Waals surface area contributed by atoms with Crippen LogP contribution in [-0.4, -0.2) is 0 Å². The maximum atomic E-state index is 12.3. The zero-order valence-corrected chi connectivity index (χ0v) is 16.6. The van der Waals surface area contributed by atoms with Gasteiger partial charge in [-0.25, -0.2) is 4.79 Å². The van der Waals surface area contributed by atoms with Crippen LogP contribution in [0.15, 0.2) is 51.7 Å². The van der Waals surface area contributed by atoms with Crippen LogP contribution >= 0.6 is 0 Å². The van der Waals surface area contributed by atoms with Gasteiger partial charge in [-0.1, -0.05) is 56.5 Å². The lowest BCUT2D eigenvalue weighted by atomic mass is 10.00. The first-order valence-electron chi connectivity index (χ1n) is 10.5. The van der Waals surface area contributed by atoms with E-state index in [-0.39, 0.29) is 5.63 Å². The van der Waals surface area contributed by atoms with Crippen molar-refractivity contribution in [2.75, 3.05) is 0 Å². The van der Waals surface area contributed by atoms with Crippen molar-refractivity contribution < 1.29 is 9.15 Å². The third-order valence-corrected chi connectivity index (χ3v) is 5.69. The lowest BCUT2D eigenvalue weighted by molar-refractivity contribution is 0.302. The molecular formula is C25H28O3. The summed E-state index contributed by atoms with van der Waals surface area (Å²) in [7, 11) is 0. The van der Waals surface area contributed by atoms with Crippen molar-refractivity contribution in [2.24, 2.45) is 0 Å². The lowest BCUT2D eigenvalue weighted by Gasteiger charge is -2.14. The average Bonchev–Trinajstić information content (AvgIpc) is 3.21. The van der Waals surface area contributed by atoms with E-state index in [1.54, 1.807) is 0 Å². The van der Waals surface area contributed by atoms with Crippen LogP contribution in [0.25, 0.3) is 11.0 Å². The first kappa shape index (κ1) is 18.8. The number of hydrogen-bond acceptors (Lipinski definition) is 3. The quantitative estimate of drug-likeness (QED) is 0.358. The van der Waals surface area contributed by atoms with Crippen molar-refractivity contribution in [3.63, 3.8) is 0 Å². The molecule has 0 amide bonds. The Balaban J connectivity index is 1.68. The normalized spacial score (nSPS) is 13.0. The van der Waals surface area contributed by atoms with Crippen LogP contribution in [0.4, 0.5) is 0 Å². The summed E-state index contributed by atoms with van der Waals surface area (Å²) in [4.78, 5) is 12.3. The van der Waals surface area contributed by atoms with Crippen LogP contribution < -0.4 is 10.4 Å². The van der Waals surface area contributed by atoms with Gasteiger partial charge < -0.3 is 9.15 Å². The van der Waals surface area contributed by atoms with Gasteiger partial charge in [0, 0.05) is 17.0 Å². The van der Waals surface area contributed by atoms with Crippen LogP contribution in [0, 0.1) is 0 Å². The van der Waals surface area contributed by atoms with Crippen LogP contribution in [0.2, 0.25) is 0 Å². The fourth-order valence-corrected chi connectivity index (χ4v) is 4.16. The maximum absolute atomic E-state index is 12.3. The Morgan fingerprint density at radius 2 is 1.82 bits per heavy atom. The number of benzene rings is 2. The van der Waals surface area contributed by atoms with E-state index in [1.807, 2.05) is 24.3 Å². The average molecular weight is 376 g/mol. The molecule has 1 aliphatic carbocycles. The molecule has 1 aliphatic rings. The largest absolute Gasteiger partial charge is 0.488 e. The second-order valence-corrected chi connectivity index (χ2v) is 7.74. The van der Waals surface area contributed by atoms with E-state index in [0.717, 1.165) is 54.4 Å². The van der Waals surface area contributed by atoms with E-state index in [4.69, 9.17) is 9.15 Å². The molecule has 3 nitrogen and oxygen atoms in total. The van der Waals surface area contributed by atoms with Crippen molar-refractivity contribution in [3.05, 3.63) is 75.1 Å². The van der Waals surface area contributed by atoms with Gasteiger partial charge in [0.2, 0.25) is 0 Å². The summed E-state index contributed by atoms with van der Waals surface area (Å²) in [5.41, 5.74) is 4.91. The summed E-state index contributed by atoms with van der Waals surface area (Å²) < 4.78 is 11.8. The lowest BCUT2D eigenvalue weighted by Crippen LogP contribution is -2.07. The molecule has 3 heteroatoms. The van der Waals surface area contributed by atoms with Crippen LogP contribution in [0.3, 0.4) is 0 Å². The van der Waals surface area contributed by atoms with E-state index in [1.165, 1.54) is 30.4 Å². The molecule has 0 saturated heterocycles. The molecule has 0 fully saturated rings. The summed E-state index contributed by atoms with van der Waals surface area (Å²) in [6.07, 6.45) is 8.72. The van der Waals surface area contributed by atoms with E-state index < -0.39 is 0 Å². The van der Waals surface area contributed by atoms with Gasteiger partial charge in [-0.2, -0.15) is 0 Å². The van der Waals surface area contributed by atoms with Gasteiger partial charge in [0.15, 0.2) is 0 Å². The van der Waals surface area contributed by atoms with Crippen molar-refractivity contribution in [2.45, 2.75) is 64.9 Å². The summed E-state index contributed by atoms with van der Waals surface area (Å²) in [6.45, 7) is 2.75. The number of rotatable bonds is 8. The summed E-state index contributed by atoms with van der Waals surface area (Å²) in [5.74, 6) is 0.842. The molecule has 4 rings (SSSR count). The predicted octanol–water partition coefficient (Wildman–Crippen LogP) is 5.98. The number of fused-ring (bicyclic) bond motifs is 3. The van der Waals surface area contributed by atoms with Gasteiger partial charge in [-0.05, 0) is 54.9 Å². The molecule has 3 aromatic rings. The minimum atomic E-state index is -0.176. The second-order valence-electron chi connectivity index (χ2n) is 7.74. The van der Waals surface area contributed by atoms with Crippen molar-refractivity contribution in [1.29, 1.82) is 0 Å². The highest BCUT2D eigenvalue weighted by molar-refractivity contribution is 5.84. The van der Waals surface area contributed by atoms with Gasteiger partial charge in [0.25, 0.3) is 0 Å². The van der Waals surface area contributed by atoms with E-state index in [0.29, 0.717) is 12.2 Å². The number of aryl methyl sites for hydroxylation is 2. The Hall–Kier alpha value is -2.55. The third-order valence-electron chi connectivity index (χ3n) is 5.69. The Morgan fingerprint density at radius 3 is 2.64 bits per heavy atom. The van der Waals surface area contributed by atoms with Gasteiger partial charge in [0.1, 0.15) is 17.9 Å². The first-order valence-corrected chi connectivity index (χ1v) is 10.5. The molecule has 0 atom stereocenters. The summed E-state index contributed by atoms with van der Waals surface area (Å²) in [5, 5.41) is 1.10. The molecule has 0 saturated carbocycles. The molecule has 0 aliphatic heterocycles. The van der Waals surface area contributed by atoms with Crippen molar-refractivity contribution in [1.82, 2.24) is 0 Å². The molecule has 1 heterocycles. The molecule has 0 N–H and O–H groups in total. The SMILES string of the molecule is CCCCCCc1cc2c3c(c(=O)oc2cc1OCc1ccccc1)CCC3. The van der Waals surface area contributed by atoms with Gasteiger partial charge in [-0.3, -0.25) is 0 Å². The highest BCUT2D eigenvalue weighted by Crippen LogP contribution is 2.33. The van der Waals surface area contributed by atoms with Crippen LogP contribution in [0.1, 0.15) is 61.3 Å². The molecular weight excluding hydrogens is 348 g/mol. The maximum Gasteiger partial charge on any atom is 0.339 e. The highest BCUT2D eigenvalue weighted by Gasteiger charge is 2.21. The molecule has 1 aromatic heterocycles. The Labute approximate surface area is 166 Å². The monoisotopic (exact) mass is 376 g/mol. The summed E-state index contributed by atoms with van der Waals surface area (Å²) in [6, 6.07) is 14.3. The van der Waals surface area contributed by atoms with E-state index >= 15 is 0 Å². The van der Waals surface area contributed by atoms with Crippen molar-refractivity contribution >= 4 is 11.0 Å². The molecule has 0 unspecified atom stereocenters. The molecule has 146 valence electrons. The molecule has 2 aromatic carbocycles. The highest BCUT2D eigenvalue weighted by atomic mass is 16.5. The standard InChI is InChI=1S/C25H28O3/c1-2-3-4-8-12-19-15-22-20-13-9-14-21(20)25(26)28-24(22)16-23(19)27-17-18-10-6-5-7-11-18/h5-7,10-11,15-16H,2-4,8-9,12-14,17H2,1H3. The molecule has 0 bridgehead atoms. The third kappa shape index (κ3) is 3.99. The van der Waals surface area contributed by atoms with Crippen LogP contribution in [0.5, 0.6) is 5.75 Å². The van der Waals surface area contributed by atoms with Crippen molar-refractivity contribution in [3.8, 4) is 5.75 Å². The Morgan fingerprint density at radius 1 is 1.00 bits per heavy atom. The van der Waals surface area contributed by atoms with E-state index in [2.05, 4.69) is 25.1 Å². The minimum Gasteiger partial charge on any atom is -0.488 e. The van der Waals surface area contributed by atoms with E-state index in [9.17, 15) is 4.79 Å². The fraction of sp³-hybridized carbons (Fsp3) is 0.400. The topological polar surface area (TPSA) is 39.4 Å². The van der Waals surface area contributed by atoms with Gasteiger partial charge in [0.05, 0.1) is 0 Å². The van der Waals surface area contributed by atoms with Gasteiger partial charge >= 0.3 is 5.63 Å². The smallest absolute Gasteiger partial charge is 0.339 e. The van der Waals surface area contributed by atoms with Gasteiger partial charge in [-0.15, -0.1) is 0 Å². The molecule has 28 heavy (non-hydrogen) atoms. The number of hydrogen-bond donors (Lipinski definition) is 0. The summed E-state index contributed by atoms with van der Waals surface area (Å²) >= 11 is 0. The Kier molecular flexibility index (Phi) is 5.80. The second kappa shape index (κ2) is 8.64. The fourth-order valence-electron chi connectivity index (χ4n) is 4.16. The first-order chi connectivity index (χ1) is 13.8. The van der Waals surface area contributed by atoms with Crippen LogP contribution in [-0.2, 0) is 25.9 Å². The zero-order valence-electron chi connectivity index (χ0n) is 16.6.